The molecule has 0 radical (unpaired) electrons. The number of para-hydroxylation sites is 1. The highest BCUT2D eigenvalue weighted by atomic mass is 16.5. The van der Waals surface area contributed by atoms with E-state index in [0.717, 1.165) is 35.1 Å². The van der Waals surface area contributed by atoms with Gasteiger partial charge in [-0.3, -0.25) is 4.79 Å². The number of hydrogen-bond acceptors (Lipinski definition) is 5. The average molecular weight is 366 g/mol. The van der Waals surface area contributed by atoms with Crippen LogP contribution < -0.4 is 0 Å². The molecule has 2 atom stereocenters. The van der Waals surface area contributed by atoms with Gasteiger partial charge in [-0.2, -0.15) is 0 Å². The number of carbonyl (C=O) groups is 2. The van der Waals surface area contributed by atoms with Crippen molar-refractivity contribution in [2.24, 2.45) is 0 Å². The molecule has 0 amide bonds. The Morgan fingerprint density at radius 1 is 1.22 bits per heavy atom. The summed E-state index contributed by atoms with van der Waals surface area (Å²) < 4.78 is 10.1. The summed E-state index contributed by atoms with van der Waals surface area (Å²) >= 11 is 0. The van der Waals surface area contributed by atoms with Crippen LogP contribution in [0.4, 0.5) is 0 Å². The van der Waals surface area contributed by atoms with E-state index in [4.69, 9.17) is 9.47 Å². The van der Waals surface area contributed by atoms with Gasteiger partial charge in [-0.1, -0.05) is 18.2 Å². The summed E-state index contributed by atoms with van der Waals surface area (Å²) in [5.74, 6) is -0.762. The van der Waals surface area contributed by atoms with E-state index in [0.29, 0.717) is 5.57 Å². The summed E-state index contributed by atoms with van der Waals surface area (Å²) in [6.07, 6.45) is 6.20. The first-order valence-corrected chi connectivity index (χ1v) is 8.93. The van der Waals surface area contributed by atoms with Crippen molar-refractivity contribution in [3.63, 3.8) is 0 Å². The maximum absolute atomic E-state index is 13.0. The van der Waals surface area contributed by atoms with Gasteiger partial charge >= 0.3 is 11.9 Å². The van der Waals surface area contributed by atoms with Crippen molar-refractivity contribution in [2.45, 2.75) is 24.8 Å². The molecule has 0 fully saturated rings. The first kappa shape index (κ1) is 17.4. The monoisotopic (exact) mass is 366 g/mol. The van der Waals surface area contributed by atoms with Crippen LogP contribution in [0.3, 0.4) is 0 Å². The molecule has 0 saturated carbocycles. The Morgan fingerprint density at radius 2 is 2.00 bits per heavy atom. The van der Waals surface area contributed by atoms with Crippen molar-refractivity contribution in [1.29, 1.82) is 0 Å². The molecule has 2 aliphatic heterocycles. The number of rotatable bonds is 2. The second kappa shape index (κ2) is 6.30. The van der Waals surface area contributed by atoms with Crippen LogP contribution in [0.25, 0.3) is 10.9 Å². The summed E-state index contributed by atoms with van der Waals surface area (Å²) in [6, 6.07) is 7.69. The minimum atomic E-state index is -0.996. The van der Waals surface area contributed by atoms with Crippen LogP contribution in [0, 0.1) is 0 Å². The largest absolute Gasteiger partial charge is 0.468 e. The number of hydrogen-bond donors (Lipinski definition) is 1. The molecular weight excluding hydrogens is 344 g/mol. The Balaban J connectivity index is 1.95. The highest BCUT2D eigenvalue weighted by molar-refractivity contribution is 5.94. The Labute approximate surface area is 157 Å². The van der Waals surface area contributed by atoms with Crippen LogP contribution >= 0.6 is 0 Å². The van der Waals surface area contributed by atoms with Crippen LogP contribution in [-0.4, -0.2) is 48.6 Å². The normalized spacial score (nSPS) is 23.9. The lowest BCUT2D eigenvalue weighted by molar-refractivity contribution is -0.149. The van der Waals surface area contributed by atoms with Crippen LogP contribution in [-0.2, 0) is 30.9 Å². The SMILES string of the molecule is COC(=O)C1=C[C@@H]2N(C=C1)CCc1c([nH]c3ccccc13)[C@@]2(C)C(=O)OC. The van der Waals surface area contributed by atoms with Gasteiger partial charge in [0.15, 0.2) is 0 Å². The summed E-state index contributed by atoms with van der Waals surface area (Å²) in [4.78, 5) is 30.7. The lowest BCUT2D eigenvalue weighted by atomic mass is 9.76. The minimum absolute atomic E-state index is 0.344. The van der Waals surface area contributed by atoms with Gasteiger partial charge in [-0.25, -0.2) is 4.79 Å². The van der Waals surface area contributed by atoms with E-state index in [-0.39, 0.29) is 12.0 Å². The molecule has 0 unspecified atom stereocenters. The molecule has 2 aliphatic rings. The number of ether oxygens (including phenoxy) is 2. The molecule has 1 aromatic carbocycles. The van der Waals surface area contributed by atoms with E-state index in [1.54, 1.807) is 6.08 Å². The smallest absolute Gasteiger partial charge is 0.337 e. The Bertz CT molecular complexity index is 987. The molecule has 140 valence electrons. The molecule has 3 heterocycles. The van der Waals surface area contributed by atoms with Gasteiger partial charge in [0.2, 0.25) is 0 Å². The Kier molecular flexibility index (Phi) is 4.06. The topological polar surface area (TPSA) is 71.6 Å². The number of nitrogens with one attached hydrogen (secondary N) is 1. The molecule has 0 bridgehead atoms. The third-order valence-corrected chi connectivity index (χ3v) is 5.72. The third-order valence-electron chi connectivity index (χ3n) is 5.72. The van der Waals surface area contributed by atoms with Gasteiger partial charge in [0.25, 0.3) is 0 Å². The second-order valence-electron chi connectivity index (χ2n) is 7.08. The number of esters is 2. The molecule has 0 saturated heterocycles. The Hall–Kier alpha value is -3.02. The molecule has 0 spiro atoms. The molecule has 1 N–H and O–H groups in total. The van der Waals surface area contributed by atoms with Crippen molar-refractivity contribution < 1.29 is 19.1 Å². The zero-order valence-corrected chi connectivity index (χ0v) is 15.6. The number of aromatic amines is 1. The number of methoxy groups -OCH3 is 2. The first-order chi connectivity index (χ1) is 13.0. The van der Waals surface area contributed by atoms with E-state index < -0.39 is 11.4 Å². The lowest BCUT2D eigenvalue weighted by Gasteiger charge is -2.40. The quantitative estimate of drug-likeness (QED) is 0.827. The standard InChI is InChI=1S/C21H22N2O4/c1-21(20(25)27-3)17-12-13(19(24)26-2)8-10-23(17)11-9-15-14-6-4-5-7-16(14)22-18(15)21/h4-8,10,12,17,22H,9,11H2,1-3H3/t17-,21-/m0/s1. The summed E-state index contributed by atoms with van der Waals surface area (Å²) in [6.45, 7) is 2.61. The fourth-order valence-electron chi connectivity index (χ4n) is 4.28. The zero-order chi connectivity index (χ0) is 19.2. The average Bonchev–Trinajstić information content (AvgIpc) is 3.03. The van der Waals surface area contributed by atoms with Gasteiger partial charge in [0.05, 0.1) is 25.8 Å². The number of nitrogens with zero attached hydrogens (tertiary/aromatic N) is 1. The molecule has 1 aromatic heterocycles. The summed E-state index contributed by atoms with van der Waals surface area (Å²) in [7, 11) is 2.75. The van der Waals surface area contributed by atoms with Gasteiger partial charge in [-0.05, 0) is 37.1 Å². The van der Waals surface area contributed by atoms with Crippen LogP contribution in [0.15, 0.2) is 48.2 Å². The van der Waals surface area contributed by atoms with E-state index in [9.17, 15) is 9.59 Å². The second-order valence-corrected chi connectivity index (χ2v) is 7.08. The molecule has 4 rings (SSSR count). The van der Waals surface area contributed by atoms with Gasteiger partial charge < -0.3 is 19.4 Å². The van der Waals surface area contributed by atoms with Crippen molar-refractivity contribution in [1.82, 2.24) is 9.88 Å². The first-order valence-electron chi connectivity index (χ1n) is 8.93. The highest BCUT2D eigenvalue weighted by Gasteiger charge is 2.50. The molecule has 2 aromatic rings. The summed E-state index contributed by atoms with van der Waals surface area (Å²) in [5, 5.41) is 1.11. The number of aromatic nitrogens is 1. The number of fused-ring (bicyclic) bond motifs is 4. The van der Waals surface area contributed by atoms with Gasteiger partial charge in [-0.15, -0.1) is 0 Å². The maximum Gasteiger partial charge on any atom is 0.337 e. The fourth-order valence-corrected chi connectivity index (χ4v) is 4.28. The van der Waals surface area contributed by atoms with Crippen molar-refractivity contribution in [2.75, 3.05) is 20.8 Å². The van der Waals surface area contributed by atoms with E-state index >= 15 is 0 Å². The van der Waals surface area contributed by atoms with E-state index in [2.05, 4.69) is 16.0 Å². The number of benzene rings is 1. The molecular formula is C21H22N2O4. The van der Waals surface area contributed by atoms with Crippen LogP contribution in [0.2, 0.25) is 0 Å². The molecule has 0 aliphatic carbocycles. The minimum Gasteiger partial charge on any atom is -0.468 e. The van der Waals surface area contributed by atoms with E-state index in [1.807, 2.05) is 37.4 Å². The van der Waals surface area contributed by atoms with Crippen LogP contribution in [0.1, 0.15) is 18.2 Å². The molecule has 6 heteroatoms. The van der Waals surface area contributed by atoms with Gasteiger partial charge in [0, 0.05) is 29.3 Å². The van der Waals surface area contributed by atoms with Crippen molar-refractivity contribution >= 4 is 22.8 Å². The summed E-state index contributed by atoms with van der Waals surface area (Å²) in [5.41, 5.74) is 2.40. The van der Waals surface area contributed by atoms with Gasteiger partial charge in [0.1, 0.15) is 5.41 Å². The molecule has 27 heavy (non-hydrogen) atoms. The number of carbonyl (C=O) groups excluding carboxylic acids is 2. The van der Waals surface area contributed by atoms with Crippen molar-refractivity contribution in [3.8, 4) is 0 Å². The zero-order valence-electron chi connectivity index (χ0n) is 15.6. The maximum atomic E-state index is 13.0. The third kappa shape index (κ3) is 2.47. The fraction of sp³-hybridized carbons (Fsp3) is 0.333. The predicted molar refractivity (Wildman–Crippen MR) is 101 cm³/mol. The molecule has 6 nitrogen and oxygen atoms in total. The lowest BCUT2D eigenvalue weighted by Crippen LogP contribution is -2.52. The van der Waals surface area contributed by atoms with Crippen LogP contribution in [0.5, 0.6) is 0 Å². The van der Waals surface area contributed by atoms with E-state index in [1.165, 1.54) is 14.2 Å². The van der Waals surface area contributed by atoms with Crippen molar-refractivity contribution in [3.05, 3.63) is 59.4 Å². The number of H-pyrrole nitrogens is 1. The Morgan fingerprint density at radius 3 is 2.74 bits per heavy atom. The highest BCUT2D eigenvalue weighted by Crippen LogP contribution is 2.42. The predicted octanol–water partition coefficient (Wildman–Crippen LogP) is 2.45.